The Hall–Kier alpha value is -3.89. The van der Waals surface area contributed by atoms with E-state index in [0.29, 0.717) is 21.9 Å². The van der Waals surface area contributed by atoms with Gasteiger partial charge in [0.25, 0.3) is 5.78 Å². The zero-order chi connectivity index (χ0) is 23.6. The summed E-state index contributed by atoms with van der Waals surface area (Å²) in [6, 6.07) is 11.6. The van der Waals surface area contributed by atoms with E-state index in [0.717, 1.165) is 27.8 Å². The minimum atomic E-state index is -0.970. The highest BCUT2D eigenvalue weighted by Crippen LogP contribution is 2.46. The predicted octanol–water partition coefficient (Wildman–Crippen LogP) is 5.74. The minimum Gasteiger partial charge on any atom is -0.507 e. The molecule has 3 aromatic heterocycles. The zero-order valence-electron chi connectivity index (χ0n) is 17.1. The molecule has 0 saturated carbocycles. The summed E-state index contributed by atoms with van der Waals surface area (Å²) in [4.78, 5) is 35.5. The second-order valence-electron chi connectivity index (χ2n) is 7.66. The van der Waals surface area contributed by atoms with Crippen LogP contribution in [0.4, 0.5) is 13.9 Å². The number of amides is 1. The number of aliphatic hydroxyl groups is 1. The molecule has 0 bridgehead atoms. The Labute approximate surface area is 198 Å². The quantitative estimate of drug-likeness (QED) is 0.191. The third kappa shape index (κ3) is 2.99. The van der Waals surface area contributed by atoms with Gasteiger partial charge in [0.2, 0.25) is 0 Å². The molecule has 2 N–H and O–H groups in total. The van der Waals surface area contributed by atoms with Gasteiger partial charge in [-0.1, -0.05) is 35.6 Å². The van der Waals surface area contributed by atoms with Crippen LogP contribution in [0.5, 0.6) is 0 Å². The van der Waals surface area contributed by atoms with Crippen LogP contribution >= 0.6 is 22.7 Å². The van der Waals surface area contributed by atoms with Crippen LogP contribution in [-0.2, 0) is 9.59 Å². The molecule has 1 aliphatic rings. The number of carbonyl (C=O) groups excluding carboxylic acids is 2. The number of thiazole rings is 1. The number of hydrogen-bond donors (Lipinski definition) is 2. The van der Waals surface area contributed by atoms with Crippen molar-refractivity contribution in [3.8, 4) is 0 Å². The van der Waals surface area contributed by atoms with Crippen molar-refractivity contribution in [1.82, 2.24) is 9.97 Å². The van der Waals surface area contributed by atoms with Gasteiger partial charge in [-0.3, -0.25) is 14.5 Å². The van der Waals surface area contributed by atoms with E-state index >= 15 is 0 Å². The number of fused-ring (bicyclic) bond motifs is 2. The third-order valence-electron chi connectivity index (χ3n) is 5.71. The van der Waals surface area contributed by atoms with E-state index in [-0.39, 0.29) is 26.7 Å². The van der Waals surface area contributed by atoms with Crippen molar-refractivity contribution >= 4 is 66.4 Å². The predicted molar refractivity (Wildman–Crippen MR) is 127 cm³/mol. The van der Waals surface area contributed by atoms with E-state index in [1.165, 1.54) is 11.3 Å². The molecule has 4 heterocycles. The Balaban J connectivity index is 1.58. The Morgan fingerprint density at radius 1 is 1.12 bits per heavy atom. The highest BCUT2D eigenvalue weighted by atomic mass is 32.1. The lowest BCUT2D eigenvalue weighted by Crippen LogP contribution is -2.28. The number of benzene rings is 2. The molecule has 0 spiro atoms. The van der Waals surface area contributed by atoms with Crippen LogP contribution in [0.25, 0.3) is 26.9 Å². The molecule has 34 heavy (non-hydrogen) atoms. The number of anilines is 1. The average molecular weight is 494 g/mol. The summed E-state index contributed by atoms with van der Waals surface area (Å²) in [5.74, 6) is -3.74. The molecule has 1 atom stereocenters. The lowest BCUT2D eigenvalue weighted by atomic mass is 9.99. The lowest BCUT2D eigenvalue weighted by Gasteiger charge is -2.21. The monoisotopic (exact) mass is 493 g/mol. The normalized spacial score (nSPS) is 17.9. The van der Waals surface area contributed by atoms with Gasteiger partial charge >= 0.3 is 5.91 Å². The number of aliphatic hydroxyl groups excluding tert-OH is 1. The number of H-pyrrole nitrogens is 1. The molecule has 5 aromatic rings. The topological polar surface area (TPSA) is 86.3 Å². The van der Waals surface area contributed by atoms with Crippen molar-refractivity contribution in [2.75, 3.05) is 4.90 Å². The molecule has 1 fully saturated rings. The molecular weight excluding hydrogens is 480 g/mol. The number of nitrogens with one attached hydrogen (secondary N) is 1. The van der Waals surface area contributed by atoms with Gasteiger partial charge in [-0.2, -0.15) is 0 Å². The molecule has 0 aliphatic carbocycles. The van der Waals surface area contributed by atoms with E-state index < -0.39 is 29.4 Å². The first-order valence-corrected chi connectivity index (χ1v) is 11.8. The maximum absolute atomic E-state index is 14.3. The first kappa shape index (κ1) is 20.7. The molecule has 168 valence electrons. The number of thiophene rings is 1. The van der Waals surface area contributed by atoms with Gasteiger partial charge in [-0.05, 0) is 23.6 Å². The molecule has 2 aromatic carbocycles. The Kier molecular flexibility index (Phi) is 4.61. The summed E-state index contributed by atoms with van der Waals surface area (Å²) in [5, 5.41) is 13.8. The second kappa shape index (κ2) is 7.57. The van der Waals surface area contributed by atoms with Crippen LogP contribution in [0.2, 0.25) is 0 Å². The van der Waals surface area contributed by atoms with E-state index in [2.05, 4.69) is 9.97 Å². The maximum Gasteiger partial charge on any atom is 0.301 e. The number of hydrogen-bond acceptors (Lipinski definition) is 6. The summed E-state index contributed by atoms with van der Waals surface area (Å²) in [6.07, 6.45) is 1.58. The Morgan fingerprint density at radius 2 is 1.94 bits per heavy atom. The number of aromatic nitrogens is 2. The van der Waals surface area contributed by atoms with Gasteiger partial charge in [0.05, 0.1) is 10.3 Å². The largest absolute Gasteiger partial charge is 0.507 e. The second-order valence-corrected chi connectivity index (χ2v) is 9.65. The molecule has 1 unspecified atom stereocenters. The molecular formula is C24H13F2N3O3S2. The molecule has 1 amide bonds. The summed E-state index contributed by atoms with van der Waals surface area (Å²) < 4.78 is 28.3. The molecule has 1 aliphatic heterocycles. The van der Waals surface area contributed by atoms with Gasteiger partial charge in [0, 0.05) is 33.6 Å². The first-order chi connectivity index (χ1) is 16.4. The SMILES string of the molecule is O=C1C(=O)N(c2nc3c(F)cc(F)cc3s2)C(c2cccs2)/C1=C(\O)c1c[nH]c2ccccc12. The van der Waals surface area contributed by atoms with Crippen LogP contribution in [0.3, 0.4) is 0 Å². The molecule has 10 heteroatoms. The summed E-state index contributed by atoms with van der Waals surface area (Å²) in [6.45, 7) is 0. The van der Waals surface area contributed by atoms with Crippen molar-refractivity contribution < 1.29 is 23.5 Å². The number of carbonyl (C=O) groups is 2. The fourth-order valence-electron chi connectivity index (χ4n) is 4.21. The van der Waals surface area contributed by atoms with Gasteiger partial charge in [-0.15, -0.1) is 11.3 Å². The Bertz CT molecular complexity index is 1650. The van der Waals surface area contributed by atoms with Crippen molar-refractivity contribution in [2.45, 2.75) is 6.04 Å². The highest BCUT2D eigenvalue weighted by Gasteiger charge is 2.48. The summed E-state index contributed by atoms with van der Waals surface area (Å²) in [7, 11) is 0. The smallest absolute Gasteiger partial charge is 0.301 e. The summed E-state index contributed by atoms with van der Waals surface area (Å²) in [5.41, 5.74) is 0.954. The molecule has 6 nitrogen and oxygen atoms in total. The van der Waals surface area contributed by atoms with Crippen molar-refractivity contribution in [2.24, 2.45) is 0 Å². The minimum absolute atomic E-state index is 0.0398. The van der Waals surface area contributed by atoms with E-state index in [1.54, 1.807) is 35.8 Å². The summed E-state index contributed by atoms with van der Waals surface area (Å²) >= 11 is 2.20. The van der Waals surface area contributed by atoms with Gasteiger partial charge < -0.3 is 10.1 Å². The number of aromatic amines is 1. The number of nitrogens with zero attached hydrogens (tertiary/aromatic N) is 2. The maximum atomic E-state index is 14.3. The van der Waals surface area contributed by atoms with E-state index in [1.807, 2.05) is 12.1 Å². The van der Waals surface area contributed by atoms with Crippen LogP contribution in [0.15, 0.2) is 65.7 Å². The number of Topliss-reactive ketones (excluding diaryl/α,β-unsaturated/α-hetero) is 1. The van der Waals surface area contributed by atoms with Gasteiger partial charge in [-0.25, -0.2) is 13.8 Å². The lowest BCUT2D eigenvalue weighted by molar-refractivity contribution is -0.132. The van der Waals surface area contributed by atoms with Crippen LogP contribution in [-0.4, -0.2) is 26.8 Å². The highest BCUT2D eigenvalue weighted by molar-refractivity contribution is 7.22. The average Bonchev–Trinajstić information content (AvgIpc) is 3.59. The number of ketones is 1. The fourth-order valence-corrected chi connectivity index (χ4v) is 6.06. The van der Waals surface area contributed by atoms with Crippen LogP contribution < -0.4 is 4.90 Å². The van der Waals surface area contributed by atoms with Crippen molar-refractivity contribution in [3.63, 3.8) is 0 Å². The number of halogens is 2. The number of para-hydroxylation sites is 1. The first-order valence-electron chi connectivity index (χ1n) is 10.1. The molecule has 6 rings (SSSR count). The zero-order valence-corrected chi connectivity index (χ0v) is 18.7. The van der Waals surface area contributed by atoms with Crippen LogP contribution in [0.1, 0.15) is 16.5 Å². The third-order valence-corrected chi connectivity index (χ3v) is 7.64. The fraction of sp³-hybridized carbons (Fsp3) is 0.0417. The van der Waals surface area contributed by atoms with E-state index in [9.17, 15) is 23.5 Å². The standard InChI is InChI=1S/C24H13F2N3O3S2/c25-11-8-14(26)19-17(9-11)34-24(28-19)29-20(16-6-3-7-33-16)18(22(31)23(29)32)21(30)13-10-27-15-5-2-1-4-12(13)15/h1-10,20,27,30H/b21-18+. The van der Waals surface area contributed by atoms with Crippen LogP contribution in [0, 0.1) is 11.6 Å². The number of rotatable bonds is 3. The molecule has 1 saturated heterocycles. The Morgan fingerprint density at radius 3 is 2.74 bits per heavy atom. The molecule has 0 radical (unpaired) electrons. The van der Waals surface area contributed by atoms with Crippen molar-refractivity contribution in [1.29, 1.82) is 0 Å². The van der Waals surface area contributed by atoms with Gasteiger partial charge in [0.1, 0.15) is 23.1 Å². The van der Waals surface area contributed by atoms with E-state index in [4.69, 9.17) is 0 Å². The van der Waals surface area contributed by atoms with Gasteiger partial charge in [0.15, 0.2) is 10.9 Å². The van der Waals surface area contributed by atoms with Crippen molar-refractivity contribution in [3.05, 3.63) is 87.8 Å².